The summed E-state index contributed by atoms with van der Waals surface area (Å²) in [5.74, 6) is 2.68. The van der Waals surface area contributed by atoms with Gasteiger partial charge in [-0.25, -0.2) is 0 Å². The van der Waals surface area contributed by atoms with Gasteiger partial charge in [-0.3, -0.25) is 0 Å². The lowest BCUT2D eigenvalue weighted by molar-refractivity contribution is 0.365. The summed E-state index contributed by atoms with van der Waals surface area (Å²) in [6.45, 7) is 0.643. The van der Waals surface area contributed by atoms with Gasteiger partial charge in [0, 0.05) is 5.56 Å². The number of hydrogen-bond acceptors (Lipinski definition) is 5. The lowest BCUT2D eigenvalue weighted by atomic mass is 10.2. The van der Waals surface area contributed by atoms with Crippen LogP contribution in [0.15, 0.2) is 59.1 Å². The molecule has 5 nitrogen and oxygen atoms in total. The van der Waals surface area contributed by atoms with E-state index in [1.165, 1.54) is 0 Å². The van der Waals surface area contributed by atoms with Gasteiger partial charge in [0.05, 0.1) is 6.54 Å². The molecule has 1 heterocycles. The Labute approximate surface area is 129 Å². The minimum absolute atomic E-state index is 0.496. The molecule has 0 unspecified atom stereocenters. The molecule has 0 aliphatic carbocycles. The van der Waals surface area contributed by atoms with Crippen molar-refractivity contribution in [2.24, 2.45) is 0 Å². The van der Waals surface area contributed by atoms with Crippen molar-refractivity contribution in [2.75, 3.05) is 14.1 Å². The highest BCUT2D eigenvalue weighted by atomic mass is 16.5. The zero-order chi connectivity index (χ0) is 15.4. The summed E-state index contributed by atoms with van der Waals surface area (Å²) in [5.41, 5.74) is 0.839. The van der Waals surface area contributed by atoms with Gasteiger partial charge in [0.2, 0.25) is 0 Å². The maximum absolute atomic E-state index is 5.81. The highest BCUT2D eigenvalue weighted by Crippen LogP contribution is 2.26. The molecule has 22 heavy (non-hydrogen) atoms. The fourth-order valence-electron chi connectivity index (χ4n) is 2.04. The van der Waals surface area contributed by atoms with Gasteiger partial charge < -0.3 is 14.2 Å². The Bertz CT molecular complexity index is 738. The molecule has 2 aromatic carbocycles. The summed E-state index contributed by atoms with van der Waals surface area (Å²) in [4.78, 5) is 6.38. The van der Waals surface area contributed by atoms with Crippen molar-refractivity contribution < 1.29 is 9.26 Å². The second-order valence-electron chi connectivity index (χ2n) is 5.20. The van der Waals surface area contributed by atoms with Gasteiger partial charge in [-0.2, -0.15) is 4.98 Å². The van der Waals surface area contributed by atoms with E-state index < -0.39 is 0 Å². The van der Waals surface area contributed by atoms with Crippen LogP contribution in [0.4, 0.5) is 0 Å². The predicted molar refractivity (Wildman–Crippen MR) is 83.6 cm³/mol. The molecule has 0 aliphatic heterocycles. The molecule has 0 saturated carbocycles. The summed E-state index contributed by atoms with van der Waals surface area (Å²) in [6.07, 6.45) is 0. The standard InChI is InChI=1S/C17H17N3O2/c1-20(2)12-16-18-17(22-19-16)13-7-6-10-15(11-13)21-14-8-4-3-5-9-14/h3-11H,12H2,1-2H3. The first-order valence-corrected chi connectivity index (χ1v) is 7.01. The second-order valence-corrected chi connectivity index (χ2v) is 5.20. The first-order chi connectivity index (χ1) is 10.7. The number of hydrogen-bond donors (Lipinski definition) is 0. The third-order valence-electron chi connectivity index (χ3n) is 2.99. The van der Waals surface area contributed by atoms with E-state index in [4.69, 9.17) is 9.26 Å². The third-order valence-corrected chi connectivity index (χ3v) is 2.99. The van der Waals surface area contributed by atoms with E-state index in [9.17, 15) is 0 Å². The van der Waals surface area contributed by atoms with Crippen LogP contribution in [0.5, 0.6) is 11.5 Å². The van der Waals surface area contributed by atoms with Crippen LogP contribution in [-0.4, -0.2) is 29.1 Å². The number of ether oxygens (including phenoxy) is 1. The smallest absolute Gasteiger partial charge is 0.258 e. The molecule has 0 atom stereocenters. The molecular weight excluding hydrogens is 278 g/mol. The Kier molecular flexibility index (Phi) is 4.16. The lowest BCUT2D eigenvalue weighted by Gasteiger charge is -2.06. The van der Waals surface area contributed by atoms with E-state index in [0.717, 1.165) is 17.1 Å². The van der Waals surface area contributed by atoms with Crippen LogP contribution in [-0.2, 0) is 6.54 Å². The maximum atomic E-state index is 5.81. The highest BCUT2D eigenvalue weighted by Gasteiger charge is 2.10. The molecule has 0 aliphatic rings. The molecular formula is C17H17N3O2. The number of benzene rings is 2. The molecule has 112 valence electrons. The second kappa shape index (κ2) is 6.41. The summed E-state index contributed by atoms with van der Waals surface area (Å²) < 4.78 is 11.1. The van der Waals surface area contributed by atoms with Gasteiger partial charge in [-0.05, 0) is 44.4 Å². The van der Waals surface area contributed by atoms with Gasteiger partial charge in [0.1, 0.15) is 11.5 Å². The Hall–Kier alpha value is -2.66. The molecule has 0 amide bonds. The van der Waals surface area contributed by atoms with E-state index in [1.807, 2.05) is 73.6 Å². The van der Waals surface area contributed by atoms with Crippen LogP contribution in [0.25, 0.3) is 11.5 Å². The molecule has 1 aromatic heterocycles. The Morgan fingerprint density at radius 2 is 1.77 bits per heavy atom. The quantitative estimate of drug-likeness (QED) is 0.720. The van der Waals surface area contributed by atoms with Crippen LogP contribution in [0.2, 0.25) is 0 Å². The molecule has 0 N–H and O–H groups in total. The van der Waals surface area contributed by atoms with E-state index >= 15 is 0 Å². The average Bonchev–Trinajstić information content (AvgIpc) is 2.96. The number of para-hydroxylation sites is 1. The molecule has 3 rings (SSSR count). The Balaban J connectivity index is 1.80. The molecule has 0 saturated heterocycles. The van der Waals surface area contributed by atoms with Crippen molar-refractivity contribution in [3.63, 3.8) is 0 Å². The number of rotatable bonds is 5. The van der Waals surface area contributed by atoms with E-state index in [2.05, 4.69) is 10.1 Å². The minimum atomic E-state index is 0.496. The van der Waals surface area contributed by atoms with Crippen LogP contribution in [0.1, 0.15) is 5.82 Å². The number of nitrogens with zero attached hydrogens (tertiary/aromatic N) is 3. The van der Waals surface area contributed by atoms with Crippen LogP contribution >= 0.6 is 0 Å². The molecule has 3 aromatic rings. The summed E-state index contributed by atoms with van der Waals surface area (Å²) in [6, 6.07) is 17.3. The predicted octanol–water partition coefficient (Wildman–Crippen LogP) is 3.59. The molecule has 0 bridgehead atoms. The monoisotopic (exact) mass is 295 g/mol. The zero-order valence-corrected chi connectivity index (χ0v) is 12.6. The van der Waals surface area contributed by atoms with Crippen LogP contribution in [0, 0.1) is 0 Å². The van der Waals surface area contributed by atoms with Crippen molar-refractivity contribution in [3.05, 3.63) is 60.4 Å². The van der Waals surface area contributed by atoms with Crippen molar-refractivity contribution >= 4 is 0 Å². The van der Waals surface area contributed by atoms with Crippen molar-refractivity contribution in [1.29, 1.82) is 0 Å². The fraction of sp³-hybridized carbons (Fsp3) is 0.176. The van der Waals surface area contributed by atoms with Crippen molar-refractivity contribution in [1.82, 2.24) is 15.0 Å². The largest absolute Gasteiger partial charge is 0.457 e. The van der Waals surface area contributed by atoms with E-state index in [0.29, 0.717) is 18.3 Å². The minimum Gasteiger partial charge on any atom is -0.457 e. The molecule has 0 radical (unpaired) electrons. The molecule has 0 spiro atoms. The first-order valence-electron chi connectivity index (χ1n) is 7.01. The molecule has 5 heteroatoms. The molecule has 0 fully saturated rings. The average molecular weight is 295 g/mol. The van der Waals surface area contributed by atoms with Crippen LogP contribution < -0.4 is 4.74 Å². The van der Waals surface area contributed by atoms with Crippen LogP contribution in [0.3, 0.4) is 0 Å². The van der Waals surface area contributed by atoms with E-state index in [1.54, 1.807) is 0 Å². The third kappa shape index (κ3) is 3.51. The summed E-state index contributed by atoms with van der Waals surface area (Å²) in [7, 11) is 3.93. The highest BCUT2D eigenvalue weighted by molar-refractivity contribution is 5.56. The number of aromatic nitrogens is 2. The Morgan fingerprint density at radius 1 is 1.00 bits per heavy atom. The van der Waals surface area contributed by atoms with Gasteiger partial charge in [-0.1, -0.05) is 29.4 Å². The lowest BCUT2D eigenvalue weighted by Crippen LogP contribution is -2.11. The van der Waals surface area contributed by atoms with Gasteiger partial charge in [-0.15, -0.1) is 0 Å². The van der Waals surface area contributed by atoms with Crippen molar-refractivity contribution in [2.45, 2.75) is 6.54 Å². The summed E-state index contributed by atoms with van der Waals surface area (Å²) >= 11 is 0. The van der Waals surface area contributed by atoms with Crippen molar-refractivity contribution in [3.8, 4) is 23.0 Å². The first kappa shape index (κ1) is 14.3. The summed E-state index contributed by atoms with van der Waals surface area (Å²) in [5, 5.41) is 3.98. The normalized spacial score (nSPS) is 10.9. The zero-order valence-electron chi connectivity index (χ0n) is 12.6. The Morgan fingerprint density at radius 3 is 2.55 bits per heavy atom. The van der Waals surface area contributed by atoms with Gasteiger partial charge in [0.15, 0.2) is 5.82 Å². The van der Waals surface area contributed by atoms with E-state index in [-0.39, 0.29) is 0 Å². The SMILES string of the molecule is CN(C)Cc1noc(-c2cccc(Oc3ccccc3)c2)n1. The maximum Gasteiger partial charge on any atom is 0.258 e. The van der Waals surface area contributed by atoms with Gasteiger partial charge >= 0.3 is 0 Å². The fourth-order valence-corrected chi connectivity index (χ4v) is 2.04. The topological polar surface area (TPSA) is 51.4 Å². The van der Waals surface area contributed by atoms with Gasteiger partial charge in [0.25, 0.3) is 5.89 Å².